The number of ether oxygens (including phenoxy) is 1. The average molecular weight is 349 g/mol. The molecule has 126 valence electrons. The number of rotatable bonds is 4. The fraction of sp³-hybridized carbons (Fsp3) is 0.353. The molecule has 0 spiro atoms. The van der Waals surface area contributed by atoms with Crippen LogP contribution in [0.25, 0.3) is 0 Å². The largest absolute Gasteiger partial charge is 0.545 e. The van der Waals surface area contributed by atoms with E-state index in [4.69, 9.17) is 16.3 Å². The Morgan fingerprint density at radius 3 is 2.29 bits per heavy atom. The SMILES string of the molecule is CCOc1cc(N2C(=O)C3=C(CCCC3)C2=O)c(Cl)cc1C(=O)[O-]. The second-order valence-electron chi connectivity index (χ2n) is 5.63. The highest BCUT2D eigenvalue weighted by molar-refractivity contribution is 6.39. The molecular weight excluding hydrogens is 334 g/mol. The summed E-state index contributed by atoms with van der Waals surface area (Å²) in [4.78, 5) is 37.4. The smallest absolute Gasteiger partial charge is 0.261 e. The second kappa shape index (κ2) is 6.28. The monoisotopic (exact) mass is 348 g/mol. The number of hydrogen-bond donors (Lipinski definition) is 0. The number of carboxylic acid groups (broad SMARTS) is 1. The first-order valence-corrected chi connectivity index (χ1v) is 8.12. The van der Waals surface area contributed by atoms with E-state index >= 15 is 0 Å². The Morgan fingerprint density at radius 1 is 1.21 bits per heavy atom. The third kappa shape index (κ3) is 2.57. The summed E-state index contributed by atoms with van der Waals surface area (Å²) >= 11 is 6.14. The van der Waals surface area contributed by atoms with Gasteiger partial charge in [-0.1, -0.05) is 11.6 Å². The van der Waals surface area contributed by atoms with Gasteiger partial charge in [-0.15, -0.1) is 0 Å². The lowest BCUT2D eigenvalue weighted by Gasteiger charge is -2.20. The number of nitrogens with zero attached hydrogens (tertiary/aromatic N) is 1. The normalized spacial score (nSPS) is 17.3. The van der Waals surface area contributed by atoms with Gasteiger partial charge in [-0.3, -0.25) is 9.59 Å². The molecular formula is C17H15ClNO5-. The Labute approximate surface area is 143 Å². The van der Waals surface area contributed by atoms with Crippen molar-refractivity contribution in [2.24, 2.45) is 0 Å². The lowest BCUT2D eigenvalue weighted by Crippen LogP contribution is -2.32. The zero-order valence-electron chi connectivity index (χ0n) is 13.1. The molecule has 0 saturated carbocycles. The van der Waals surface area contributed by atoms with Gasteiger partial charge in [-0.05, 0) is 38.7 Å². The summed E-state index contributed by atoms with van der Waals surface area (Å²) in [6.07, 6.45) is 2.88. The fourth-order valence-corrected chi connectivity index (χ4v) is 3.35. The standard InChI is InChI=1S/C17H16ClNO5/c1-2-24-14-8-13(12(18)7-11(14)17(22)23)19-15(20)9-5-3-4-6-10(9)16(19)21/h7-8H,2-6H2,1H3,(H,22,23)/p-1. The molecule has 0 radical (unpaired) electrons. The maximum Gasteiger partial charge on any atom is 0.261 e. The molecule has 3 rings (SSSR count). The molecule has 1 aliphatic heterocycles. The van der Waals surface area contributed by atoms with Gasteiger partial charge in [0.15, 0.2) is 0 Å². The Hall–Kier alpha value is -2.34. The maximum absolute atomic E-state index is 12.6. The Kier molecular flexibility index (Phi) is 4.32. The first kappa shape index (κ1) is 16.5. The maximum atomic E-state index is 12.6. The zero-order chi connectivity index (χ0) is 17.4. The van der Waals surface area contributed by atoms with Crippen molar-refractivity contribution in [2.45, 2.75) is 32.6 Å². The molecule has 0 unspecified atom stereocenters. The van der Waals surface area contributed by atoms with E-state index < -0.39 is 5.97 Å². The topological polar surface area (TPSA) is 86.7 Å². The van der Waals surface area contributed by atoms with E-state index in [2.05, 4.69) is 0 Å². The quantitative estimate of drug-likeness (QED) is 0.775. The van der Waals surface area contributed by atoms with Gasteiger partial charge in [-0.2, -0.15) is 0 Å². The van der Waals surface area contributed by atoms with Gasteiger partial charge >= 0.3 is 0 Å². The lowest BCUT2D eigenvalue weighted by atomic mass is 9.93. The molecule has 0 saturated heterocycles. The molecule has 1 aliphatic carbocycles. The number of halogens is 1. The highest BCUT2D eigenvalue weighted by Gasteiger charge is 2.40. The number of anilines is 1. The van der Waals surface area contributed by atoms with Crippen molar-refractivity contribution in [2.75, 3.05) is 11.5 Å². The van der Waals surface area contributed by atoms with Crippen molar-refractivity contribution in [3.63, 3.8) is 0 Å². The number of aromatic carboxylic acids is 1. The number of carbonyl (C=O) groups is 3. The minimum atomic E-state index is -1.44. The van der Waals surface area contributed by atoms with Crippen LogP contribution in [-0.2, 0) is 9.59 Å². The molecule has 6 nitrogen and oxygen atoms in total. The van der Waals surface area contributed by atoms with Crippen molar-refractivity contribution < 1.29 is 24.2 Å². The van der Waals surface area contributed by atoms with Gasteiger partial charge < -0.3 is 14.6 Å². The Morgan fingerprint density at radius 2 is 1.79 bits per heavy atom. The fourth-order valence-electron chi connectivity index (χ4n) is 3.11. The van der Waals surface area contributed by atoms with Gasteiger partial charge in [-0.25, -0.2) is 4.90 Å². The van der Waals surface area contributed by atoms with E-state index in [1.807, 2.05) is 0 Å². The molecule has 24 heavy (non-hydrogen) atoms. The van der Waals surface area contributed by atoms with Crippen LogP contribution in [0.2, 0.25) is 5.02 Å². The number of benzene rings is 1. The van der Waals surface area contributed by atoms with Crippen molar-refractivity contribution in [3.8, 4) is 5.75 Å². The van der Waals surface area contributed by atoms with Crippen LogP contribution in [0.3, 0.4) is 0 Å². The van der Waals surface area contributed by atoms with E-state index in [0.29, 0.717) is 24.0 Å². The highest BCUT2D eigenvalue weighted by Crippen LogP contribution is 2.40. The third-order valence-corrected chi connectivity index (χ3v) is 4.50. The zero-order valence-corrected chi connectivity index (χ0v) is 13.8. The highest BCUT2D eigenvalue weighted by atomic mass is 35.5. The van der Waals surface area contributed by atoms with Gasteiger partial charge in [0.2, 0.25) is 0 Å². The third-order valence-electron chi connectivity index (χ3n) is 4.20. The van der Waals surface area contributed by atoms with E-state index in [-0.39, 0.29) is 40.4 Å². The van der Waals surface area contributed by atoms with E-state index in [0.717, 1.165) is 23.8 Å². The Balaban J connectivity index is 2.07. The predicted octanol–water partition coefficient (Wildman–Crippen LogP) is 1.85. The summed E-state index contributed by atoms with van der Waals surface area (Å²) in [6, 6.07) is 2.46. The summed E-state index contributed by atoms with van der Waals surface area (Å²) in [5.41, 5.74) is 0.977. The number of carbonyl (C=O) groups excluding carboxylic acids is 3. The number of carboxylic acids is 1. The van der Waals surface area contributed by atoms with Gasteiger partial charge in [0.05, 0.1) is 23.3 Å². The minimum Gasteiger partial charge on any atom is -0.545 e. The first-order chi connectivity index (χ1) is 11.5. The lowest BCUT2D eigenvalue weighted by molar-refractivity contribution is -0.255. The van der Waals surface area contributed by atoms with E-state index in [1.54, 1.807) is 6.92 Å². The van der Waals surface area contributed by atoms with E-state index in [1.165, 1.54) is 6.07 Å². The number of imide groups is 1. The molecule has 0 aromatic heterocycles. The summed E-state index contributed by atoms with van der Waals surface area (Å²) < 4.78 is 5.30. The number of hydrogen-bond acceptors (Lipinski definition) is 5. The Bertz CT molecular complexity index is 755. The van der Waals surface area contributed by atoms with Crippen LogP contribution in [0.1, 0.15) is 43.0 Å². The van der Waals surface area contributed by atoms with Crippen molar-refractivity contribution in [1.82, 2.24) is 0 Å². The minimum absolute atomic E-state index is 0.0146. The van der Waals surface area contributed by atoms with E-state index in [9.17, 15) is 19.5 Å². The molecule has 1 aromatic carbocycles. The molecule has 2 amide bonds. The molecule has 0 fully saturated rings. The van der Waals surface area contributed by atoms with Gasteiger partial charge in [0.25, 0.3) is 11.8 Å². The molecule has 0 bridgehead atoms. The van der Waals surface area contributed by atoms with Crippen LogP contribution in [0.5, 0.6) is 5.75 Å². The summed E-state index contributed by atoms with van der Waals surface area (Å²) in [5, 5.41) is 11.2. The van der Waals surface area contributed by atoms with Crippen molar-refractivity contribution >= 4 is 35.1 Å². The first-order valence-electron chi connectivity index (χ1n) is 7.74. The molecule has 1 aromatic rings. The second-order valence-corrected chi connectivity index (χ2v) is 6.04. The van der Waals surface area contributed by atoms with Gasteiger partial charge in [0, 0.05) is 22.8 Å². The van der Waals surface area contributed by atoms with Crippen molar-refractivity contribution in [3.05, 3.63) is 33.9 Å². The summed E-state index contributed by atoms with van der Waals surface area (Å²) in [6.45, 7) is 1.91. The van der Waals surface area contributed by atoms with Crippen LogP contribution in [0.15, 0.2) is 23.3 Å². The van der Waals surface area contributed by atoms with Crippen LogP contribution < -0.4 is 14.7 Å². The molecule has 2 aliphatic rings. The van der Waals surface area contributed by atoms with Crippen LogP contribution in [0.4, 0.5) is 5.69 Å². The van der Waals surface area contributed by atoms with Crippen LogP contribution >= 0.6 is 11.6 Å². The van der Waals surface area contributed by atoms with Gasteiger partial charge in [0.1, 0.15) is 5.75 Å². The molecule has 7 heteroatoms. The van der Waals surface area contributed by atoms with Crippen molar-refractivity contribution in [1.29, 1.82) is 0 Å². The van der Waals surface area contributed by atoms with Crippen LogP contribution in [0, 0.1) is 0 Å². The number of amides is 2. The molecule has 1 heterocycles. The summed E-state index contributed by atoms with van der Waals surface area (Å²) in [5.74, 6) is -2.20. The predicted molar refractivity (Wildman–Crippen MR) is 84.9 cm³/mol. The average Bonchev–Trinajstić information content (AvgIpc) is 2.81. The molecule has 0 atom stereocenters. The summed E-state index contributed by atoms with van der Waals surface area (Å²) in [7, 11) is 0. The van der Waals surface area contributed by atoms with Crippen LogP contribution in [-0.4, -0.2) is 24.4 Å². The molecule has 0 N–H and O–H groups in total.